The fraction of sp³-hybridized carbons (Fsp3) is 0.423. The largest absolute Gasteiger partial charge is 0.396 e. The number of nitrogens with one attached hydrogen (secondary N) is 1. The third kappa shape index (κ3) is 5.42. The number of aliphatic hydroxyl groups excluding tert-OH is 1. The summed E-state index contributed by atoms with van der Waals surface area (Å²) in [5.41, 5.74) is 8.04. The molecule has 2 atom stereocenters. The van der Waals surface area contributed by atoms with Gasteiger partial charge < -0.3 is 16.2 Å². The van der Waals surface area contributed by atoms with Crippen molar-refractivity contribution in [1.29, 1.82) is 0 Å². The normalized spacial score (nSPS) is 17.3. The number of amides is 2. The SMILES string of the molecule is CCC1(CC)CC(=O)N([C@H](CCO)c2cccc(C(=O)N[C@@H](C)c3ccccc3)c2)C(N)=N1. The first-order valence-electron chi connectivity index (χ1n) is 11.6. The molecule has 0 aromatic heterocycles. The van der Waals surface area contributed by atoms with Crippen LogP contribution in [0.2, 0.25) is 0 Å². The summed E-state index contributed by atoms with van der Waals surface area (Å²) in [4.78, 5) is 32.2. The highest BCUT2D eigenvalue weighted by Crippen LogP contribution is 2.34. The lowest BCUT2D eigenvalue weighted by Crippen LogP contribution is -2.52. The molecule has 33 heavy (non-hydrogen) atoms. The van der Waals surface area contributed by atoms with E-state index >= 15 is 0 Å². The molecular formula is C26H34N4O3. The molecule has 0 aliphatic carbocycles. The molecular weight excluding hydrogens is 416 g/mol. The van der Waals surface area contributed by atoms with Crippen molar-refractivity contribution in [3.63, 3.8) is 0 Å². The second kappa shape index (κ2) is 10.6. The van der Waals surface area contributed by atoms with Crippen LogP contribution < -0.4 is 11.1 Å². The van der Waals surface area contributed by atoms with E-state index in [9.17, 15) is 14.7 Å². The summed E-state index contributed by atoms with van der Waals surface area (Å²) in [6.45, 7) is 5.82. The number of guanidine groups is 1. The number of hydrogen-bond donors (Lipinski definition) is 3. The number of nitrogens with two attached hydrogens (primary N) is 1. The Bertz CT molecular complexity index is 1000. The maximum atomic E-state index is 13.2. The van der Waals surface area contributed by atoms with Gasteiger partial charge in [0.15, 0.2) is 5.96 Å². The molecule has 2 aromatic rings. The Balaban J connectivity index is 1.87. The van der Waals surface area contributed by atoms with Gasteiger partial charge in [-0.25, -0.2) is 4.99 Å². The summed E-state index contributed by atoms with van der Waals surface area (Å²) in [6.07, 6.45) is 2.02. The van der Waals surface area contributed by atoms with Crippen LogP contribution in [0.3, 0.4) is 0 Å². The van der Waals surface area contributed by atoms with Crippen LogP contribution in [0.15, 0.2) is 59.6 Å². The highest BCUT2D eigenvalue weighted by atomic mass is 16.3. The van der Waals surface area contributed by atoms with Crippen molar-refractivity contribution in [2.75, 3.05) is 6.61 Å². The first kappa shape index (κ1) is 24.5. The molecule has 3 rings (SSSR count). The molecule has 0 fully saturated rings. The Morgan fingerprint density at radius 1 is 1.15 bits per heavy atom. The van der Waals surface area contributed by atoms with Crippen LogP contribution in [-0.2, 0) is 4.79 Å². The quantitative estimate of drug-likeness (QED) is 0.541. The molecule has 1 aliphatic rings. The number of carbonyl (C=O) groups is 2. The number of benzene rings is 2. The standard InChI is InChI=1S/C26H34N4O3/c1-4-26(5-2)17-23(32)30(25(27)29-26)22(14-15-31)20-12-9-13-21(16-20)24(33)28-18(3)19-10-7-6-8-11-19/h6-13,16,18,22,31H,4-5,14-15,17H2,1-3H3,(H2,27,29)(H,28,33)/t18-,22+/m0/s1. The zero-order valence-electron chi connectivity index (χ0n) is 19.6. The van der Waals surface area contributed by atoms with Gasteiger partial charge in [-0.15, -0.1) is 0 Å². The lowest BCUT2D eigenvalue weighted by Gasteiger charge is -2.40. The summed E-state index contributed by atoms with van der Waals surface area (Å²) in [6, 6.07) is 16.2. The van der Waals surface area contributed by atoms with Crippen LogP contribution in [0, 0.1) is 0 Å². The fourth-order valence-electron chi connectivity index (χ4n) is 4.38. The Morgan fingerprint density at radius 2 is 1.82 bits per heavy atom. The highest BCUT2D eigenvalue weighted by molar-refractivity contribution is 6.00. The molecule has 1 aliphatic heterocycles. The minimum atomic E-state index is -0.503. The average Bonchev–Trinajstić information content (AvgIpc) is 2.83. The van der Waals surface area contributed by atoms with Crippen molar-refractivity contribution in [2.24, 2.45) is 10.7 Å². The molecule has 0 saturated carbocycles. The van der Waals surface area contributed by atoms with Gasteiger partial charge in [-0.3, -0.25) is 14.5 Å². The van der Waals surface area contributed by atoms with Crippen LogP contribution in [-0.4, -0.2) is 39.9 Å². The first-order chi connectivity index (χ1) is 15.8. The monoisotopic (exact) mass is 450 g/mol. The topological polar surface area (TPSA) is 108 Å². The number of aliphatic imine (C=N–C) groups is 1. The van der Waals surface area contributed by atoms with Gasteiger partial charge in [-0.1, -0.05) is 56.3 Å². The van der Waals surface area contributed by atoms with Crippen LogP contribution >= 0.6 is 0 Å². The van der Waals surface area contributed by atoms with Crippen molar-refractivity contribution in [1.82, 2.24) is 10.2 Å². The van der Waals surface area contributed by atoms with Crippen molar-refractivity contribution in [2.45, 2.75) is 64.1 Å². The van der Waals surface area contributed by atoms with E-state index < -0.39 is 11.6 Å². The predicted molar refractivity (Wildman–Crippen MR) is 130 cm³/mol. The highest BCUT2D eigenvalue weighted by Gasteiger charge is 2.40. The first-order valence-corrected chi connectivity index (χ1v) is 11.6. The van der Waals surface area contributed by atoms with Gasteiger partial charge >= 0.3 is 0 Å². The Hall–Kier alpha value is -3.19. The maximum Gasteiger partial charge on any atom is 0.251 e. The van der Waals surface area contributed by atoms with E-state index in [0.29, 0.717) is 12.0 Å². The number of rotatable bonds is 9. The van der Waals surface area contributed by atoms with Gasteiger partial charge in [0.05, 0.1) is 24.0 Å². The predicted octanol–water partition coefficient (Wildman–Crippen LogP) is 3.71. The van der Waals surface area contributed by atoms with Crippen LogP contribution in [0.5, 0.6) is 0 Å². The lowest BCUT2D eigenvalue weighted by molar-refractivity contribution is -0.131. The van der Waals surface area contributed by atoms with Crippen LogP contribution in [0.4, 0.5) is 0 Å². The maximum absolute atomic E-state index is 13.2. The van der Waals surface area contributed by atoms with Gasteiger partial charge in [0.2, 0.25) is 5.91 Å². The average molecular weight is 451 g/mol. The fourth-order valence-corrected chi connectivity index (χ4v) is 4.38. The molecule has 0 radical (unpaired) electrons. The van der Waals surface area contributed by atoms with Crippen LogP contribution in [0.1, 0.15) is 80.0 Å². The van der Waals surface area contributed by atoms with Gasteiger partial charge in [0, 0.05) is 12.2 Å². The third-order valence-corrected chi connectivity index (χ3v) is 6.56. The van der Waals surface area contributed by atoms with Crippen LogP contribution in [0.25, 0.3) is 0 Å². The molecule has 0 saturated heterocycles. The molecule has 0 unspecified atom stereocenters. The van der Waals surface area contributed by atoms with E-state index in [4.69, 9.17) is 5.73 Å². The Kier molecular flexibility index (Phi) is 7.87. The van der Waals surface area contributed by atoms with Crippen molar-refractivity contribution in [3.8, 4) is 0 Å². The lowest BCUT2D eigenvalue weighted by atomic mass is 9.87. The second-order valence-electron chi connectivity index (χ2n) is 8.60. The zero-order chi connectivity index (χ0) is 24.0. The molecule has 4 N–H and O–H groups in total. The van der Waals surface area contributed by atoms with E-state index in [-0.39, 0.29) is 36.8 Å². The molecule has 0 bridgehead atoms. The van der Waals surface area contributed by atoms with Gasteiger partial charge in [-0.05, 0) is 49.4 Å². The Morgan fingerprint density at radius 3 is 2.42 bits per heavy atom. The number of aliphatic hydroxyl groups is 1. The summed E-state index contributed by atoms with van der Waals surface area (Å²) in [7, 11) is 0. The molecule has 7 heteroatoms. The minimum absolute atomic E-state index is 0.114. The van der Waals surface area contributed by atoms with Gasteiger partial charge in [0.25, 0.3) is 5.91 Å². The van der Waals surface area contributed by atoms with Gasteiger partial charge in [0.1, 0.15) is 0 Å². The summed E-state index contributed by atoms with van der Waals surface area (Å²) < 4.78 is 0. The van der Waals surface area contributed by atoms with E-state index in [2.05, 4.69) is 10.3 Å². The van der Waals surface area contributed by atoms with E-state index in [1.807, 2.05) is 57.2 Å². The molecule has 2 amide bonds. The van der Waals surface area contributed by atoms with Crippen molar-refractivity contribution in [3.05, 3.63) is 71.3 Å². The van der Waals surface area contributed by atoms with Crippen molar-refractivity contribution >= 4 is 17.8 Å². The van der Waals surface area contributed by atoms with E-state index in [1.165, 1.54) is 4.90 Å². The number of hydrogen-bond acceptors (Lipinski definition) is 5. The number of nitrogens with zero attached hydrogens (tertiary/aromatic N) is 2. The van der Waals surface area contributed by atoms with E-state index in [1.54, 1.807) is 18.2 Å². The van der Waals surface area contributed by atoms with Crippen molar-refractivity contribution < 1.29 is 14.7 Å². The smallest absolute Gasteiger partial charge is 0.251 e. The summed E-state index contributed by atoms with van der Waals surface area (Å²) >= 11 is 0. The molecule has 7 nitrogen and oxygen atoms in total. The summed E-state index contributed by atoms with van der Waals surface area (Å²) in [5.74, 6) is -0.156. The minimum Gasteiger partial charge on any atom is -0.396 e. The molecule has 1 heterocycles. The molecule has 2 aromatic carbocycles. The second-order valence-corrected chi connectivity index (χ2v) is 8.60. The number of carbonyl (C=O) groups excluding carboxylic acids is 2. The third-order valence-electron chi connectivity index (χ3n) is 6.56. The van der Waals surface area contributed by atoms with Gasteiger partial charge in [-0.2, -0.15) is 0 Å². The Labute approximate surface area is 195 Å². The molecule has 176 valence electrons. The summed E-state index contributed by atoms with van der Waals surface area (Å²) in [5, 5.41) is 12.7. The van der Waals surface area contributed by atoms with E-state index in [0.717, 1.165) is 24.0 Å². The zero-order valence-corrected chi connectivity index (χ0v) is 19.6. The molecule has 0 spiro atoms.